The maximum absolute atomic E-state index is 13.0. The summed E-state index contributed by atoms with van der Waals surface area (Å²) in [6, 6.07) is 8.58. The minimum atomic E-state index is -0.841. The summed E-state index contributed by atoms with van der Waals surface area (Å²) in [6.45, 7) is 0. The first kappa shape index (κ1) is 12.0. The molecule has 0 spiro atoms. The highest BCUT2D eigenvalue weighted by molar-refractivity contribution is 6.04. The summed E-state index contributed by atoms with van der Waals surface area (Å²) < 4.78 is 25.9. The Labute approximate surface area is 102 Å². The lowest BCUT2D eigenvalue weighted by Crippen LogP contribution is -2.12. The van der Waals surface area contributed by atoms with Crippen molar-refractivity contribution in [1.82, 2.24) is 0 Å². The van der Waals surface area contributed by atoms with Crippen molar-refractivity contribution in [3.05, 3.63) is 59.7 Å². The second-order valence-electron chi connectivity index (χ2n) is 3.63. The number of aromatic hydroxyl groups is 1. The average molecular weight is 249 g/mol. The summed E-state index contributed by atoms with van der Waals surface area (Å²) in [5.74, 6) is -2.43. The number of phenols is 1. The lowest BCUT2D eigenvalue weighted by molar-refractivity contribution is 0.102. The van der Waals surface area contributed by atoms with Gasteiger partial charge in [0.05, 0.1) is 0 Å². The molecule has 0 bridgehead atoms. The van der Waals surface area contributed by atoms with E-state index in [0.717, 1.165) is 18.2 Å². The minimum absolute atomic E-state index is 0.128. The van der Waals surface area contributed by atoms with Crippen LogP contribution in [-0.2, 0) is 0 Å². The van der Waals surface area contributed by atoms with Gasteiger partial charge in [0, 0.05) is 17.3 Å². The maximum Gasteiger partial charge on any atom is 0.255 e. The summed E-state index contributed by atoms with van der Waals surface area (Å²) in [7, 11) is 0. The molecule has 0 fully saturated rings. The van der Waals surface area contributed by atoms with Crippen LogP contribution in [-0.4, -0.2) is 11.0 Å². The molecule has 0 radical (unpaired) electrons. The topological polar surface area (TPSA) is 49.3 Å². The fraction of sp³-hybridized carbons (Fsp3) is 0. The van der Waals surface area contributed by atoms with Crippen LogP contribution in [0.1, 0.15) is 10.4 Å². The van der Waals surface area contributed by atoms with E-state index in [-0.39, 0.29) is 11.3 Å². The molecule has 2 N–H and O–H groups in total. The number of phenolic OH excluding ortho intramolecular Hbond substituents is 1. The molecule has 0 heterocycles. The number of amides is 1. The van der Waals surface area contributed by atoms with Crippen LogP contribution in [0.2, 0.25) is 0 Å². The van der Waals surface area contributed by atoms with Crippen molar-refractivity contribution in [1.29, 1.82) is 0 Å². The summed E-state index contributed by atoms with van der Waals surface area (Å²) >= 11 is 0. The molecule has 18 heavy (non-hydrogen) atoms. The first-order valence-electron chi connectivity index (χ1n) is 5.12. The van der Waals surface area contributed by atoms with Gasteiger partial charge in [0.25, 0.3) is 5.91 Å². The number of carbonyl (C=O) groups excluding carboxylic acids is 1. The Morgan fingerprint density at radius 1 is 1.11 bits per heavy atom. The van der Waals surface area contributed by atoms with E-state index in [9.17, 15) is 13.6 Å². The van der Waals surface area contributed by atoms with Crippen LogP contribution in [0.5, 0.6) is 5.75 Å². The van der Waals surface area contributed by atoms with Gasteiger partial charge in [0.15, 0.2) is 11.6 Å². The van der Waals surface area contributed by atoms with Crippen molar-refractivity contribution in [2.75, 3.05) is 5.32 Å². The van der Waals surface area contributed by atoms with Crippen molar-refractivity contribution in [3.8, 4) is 5.75 Å². The van der Waals surface area contributed by atoms with E-state index in [1.807, 2.05) is 0 Å². The fourth-order valence-electron chi connectivity index (χ4n) is 1.42. The van der Waals surface area contributed by atoms with Gasteiger partial charge in [-0.15, -0.1) is 0 Å². The van der Waals surface area contributed by atoms with Crippen molar-refractivity contribution >= 4 is 11.6 Å². The molecule has 0 aliphatic heterocycles. The van der Waals surface area contributed by atoms with Crippen LogP contribution in [0, 0.1) is 11.6 Å². The molecule has 0 aliphatic carbocycles. The van der Waals surface area contributed by atoms with Crippen molar-refractivity contribution in [2.45, 2.75) is 0 Å². The summed E-state index contributed by atoms with van der Waals surface area (Å²) in [5, 5.41) is 11.4. The molecule has 0 unspecified atom stereocenters. The predicted molar refractivity (Wildman–Crippen MR) is 62.4 cm³/mol. The third-order valence-corrected chi connectivity index (χ3v) is 2.29. The normalized spacial score (nSPS) is 10.1. The van der Waals surface area contributed by atoms with Gasteiger partial charge >= 0.3 is 0 Å². The monoisotopic (exact) mass is 249 g/mol. The van der Waals surface area contributed by atoms with Crippen LogP contribution in [0.15, 0.2) is 42.5 Å². The van der Waals surface area contributed by atoms with E-state index >= 15 is 0 Å². The third kappa shape index (κ3) is 2.63. The number of hydrogen-bond acceptors (Lipinski definition) is 2. The fourth-order valence-corrected chi connectivity index (χ4v) is 1.42. The highest BCUT2D eigenvalue weighted by Crippen LogP contribution is 2.19. The summed E-state index contributed by atoms with van der Waals surface area (Å²) in [4.78, 5) is 11.7. The van der Waals surface area contributed by atoms with Gasteiger partial charge < -0.3 is 10.4 Å². The number of carbonyl (C=O) groups is 1. The zero-order valence-electron chi connectivity index (χ0n) is 9.15. The van der Waals surface area contributed by atoms with E-state index in [1.165, 1.54) is 24.3 Å². The van der Waals surface area contributed by atoms with Gasteiger partial charge in [0.2, 0.25) is 0 Å². The summed E-state index contributed by atoms with van der Waals surface area (Å²) in [5.41, 5.74) is 0.308. The van der Waals surface area contributed by atoms with E-state index in [2.05, 4.69) is 5.32 Å². The first-order chi connectivity index (χ1) is 8.56. The van der Waals surface area contributed by atoms with Crippen LogP contribution in [0.4, 0.5) is 14.5 Å². The van der Waals surface area contributed by atoms with E-state index < -0.39 is 23.3 Å². The Morgan fingerprint density at radius 3 is 2.56 bits per heavy atom. The quantitative estimate of drug-likeness (QED) is 0.804. The maximum atomic E-state index is 13.0. The standard InChI is InChI=1S/C13H9F2NO2/c14-9-3-1-2-8(6-9)13(18)16-10-4-5-12(17)11(15)7-10/h1-7,17H,(H,16,18). The molecule has 2 aromatic rings. The van der Waals surface area contributed by atoms with Gasteiger partial charge in [-0.25, -0.2) is 8.78 Å². The smallest absolute Gasteiger partial charge is 0.255 e. The van der Waals surface area contributed by atoms with Gasteiger partial charge in [-0.3, -0.25) is 4.79 Å². The van der Waals surface area contributed by atoms with Crippen LogP contribution in [0.25, 0.3) is 0 Å². The molecular weight excluding hydrogens is 240 g/mol. The number of benzene rings is 2. The largest absolute Gasteiger partial charge is 0.505 e. The molecule has 2 aromatic carbocycles. The van der Waals surface area contributed by atoms with E-state index in [4.69, 9.17) is 5.11 Å². The van der Waals surface area contributed by atoms with Gasteiger partial charge in [-0.05, 0) is 30.3 Å². The molecule has 2 rings (SSSR count). The lowest BCUT2D eigenvalue weighted by Gasteiger charge is -2.06. The van der Waals surface area contributed by atoms with Gasteiger partial charge in [-0.1, -0.05) is 6.07 Å². The molecule has 0 aliphatic rings. The van der Waals surface area contributed by atoms with Crippen LogP contribution >= 0.6 is 0 Å². The molecule has 0 saturated carbocycles. The number of halogens is 2. The molecule has 5 heteroatoms. The minimum Gasteiger partial charge on any atom is -0.505 e. The molecule has 0 aromatic heterocycles. The van der Waals surface area contributed by atoms with Crippen LogP contribution in [0.3, 0.4) is 0 Å². The van der Waals surface area contributed by atoms with Crippen molar-refractivity contribution in [2.24, 2.45) is 0 Å². The van der Waals surface area contributed by atoms with Crippen molar-refractivity contribution < 1.29 is 18.7 Å². The zero-order valence-corrected chi connectivity index (χ0v) is 9.15. The Hall–Kier alpha value is -2.43. The average Bonchev–Trinajstić information content (AvgIpc) is 2.34. The molecule has 92 valence electrons. The second-order valence-corrected chi connectivity index (χ2v) is 3.63. The number of nitrogens with one attached hydrogen (secondary N) is 1. The number of anilines is 1. The SMILES string of the molecule is O=C(Nc1ccc(O)c(F)c1)c1cccc(F)c1. The van der Waals surface area contributed by atoms with Crippen molar-refractivity contribution in [3.63, 3.8) is 0 Å². The van der Waals surface area contributed by atoms with E-state index in [1.54, 1.807) is 0 Å². The number of rotatable bonds is 2. The molecular formula is C13H9F2NO2. The first-order valence-corrected chi connectivity index (χ1v) is 5.12. The van der Waals surface area contributed by atoms with Gasteiger partial charge in [-0.2, -0.15) is 0 Å². The lowest BCUT2D eigenvalue weighted by atomic mass is 10.2. The second kappa shape index (κ2) is 4.83. The van der Waals surface area contributed by atoms with Crippen LogP contribution < -0.4 is 5.32 Å². The Bertz CT molecular complexity index is 599. The molecule has 0 saturated heterocycles. The van der Waals surface area contributed by atoms with E-state index in [0.29, 0.717) is 0 Å². The molecule has 0 atom stereocenters. The Kier molecular flexibility index (Phi) is 3.23. The number of hydrogen-bond donors (Lipinski definition) is 2. The summed E-state index contributed by atoms with van der Waals surface area (Å²) in [6.07, 6.45) is 0. The Morgan fingerprint density at radius 2 is 1.89 bits per heavy atom. The highest BCUT2D eigenvalue weighted by atomic mass is 19.1. The molecule has 1 amide bonds. The predicted octanol–water partition coefficient (Wildman–Crippen LogP) is 2.92. The Balaban J connectivity index is 2.18. The molecule has 3 nitrogen and oxygen atoms in total. The zero-order chi connectivity index (χ0) is 13.1. The highest BCUT2D eigenvalue weighted by Gasteiger charge is 2.08. The van der Waals surface area contributed by atoms with Gasteiger partial charge in [0.1, 0.15) is 5.82 Å². The third-order valence-electron chi connectivity index (χ3n) is 2.29.